The number of carbonyl (C=O) groups is 2. The van der Waals surface area contributed by atoms with E-state index in [4.69, 9.17) is 10.7 Å². The van der Waals surface area contributed by atoms with Gasteiger partial charge in [0.1, 0.15) is 0 Å². The molecule has 2 N–H and O–H groups in total. The zero-order valence-electron chi connectivity index (χ0n) is 14.2. The number of rotatable bonds is 3. The first-order valence-corrected chi connectivity index (χ1v) is 5.35. The van der Waals surface area contributed by atoms with E-state index >= 15 is 0 Å². The van der Waals surface area contributed by atoms with Gasteiger partial charge in [0.15, 0.2) is 0 Å². The molecule has 1 rings (SSSR count). The lowest BCUT2D eigenvalue weighted by atomic mass is 10.2. The molecule has 0 aliphatic rings. The molecule has 0 radical (unpaired) electrons. The van der Waals surface area contributed by atoms with E-state index in [1.54, 1.807) is 19.1 Å². The van der Waals surface area contributed by atoms with Gasteiger partial charge < -0.3 is 10.1 Å². The second-order valence-corrected chi connectivity index (χ2v) is 3.56. The number of hydrogen-bond acceptors (Lipinski definition) is 3. The van der Waals surface area contributed by atoms with Crippen LogP contribution in [0.1, 0.15) is 25.4 Å². The van der Waals surface area contributed by atoms with Crippen LogP contribution in [-0.2, 0) is 9.53 Å². The van der Waals surface area contributed by atoms with E-state index in [1.165, 1.54) is 6.92 Å². The standard InChI is InChI=1S/C12H16N2O3.2H2/c1-4-17-12(16)14-10-6-5-8(2)11(7-10)13-9(3)15;;/h5-7H,4H2,1-3H3,(H,13,15)(H,14,16);2*1H/i;1+2D;1+1D. The van der Waals surface area contributed by atoms with Gasteiger partial charge in [-0.25, -0.2) is 4.79 Å². The molecular weight excluding hydrogens is 220 g/mol. The summed E-state index contributed by atoms with van der Waals surface area (Å²) in [6, 6.07) is 5.25. The number of nitrogens with one attached hydrogen (secondary N) is 2. The van der Waals surface area contributed by atoms with Gasteiger partial charge in [-0.2, -0.15) is 0 Å². The molecule has 0 saturated heterocycles. The van der Waals surface area contributed by atoms with Gasteiger partial charge in [-0.1, -0.05) is 6.07 Å². The predicted octanol–water partition coefficient (Wildman–Crippen LogP) is 3.01. The van der Waals surface area contributed by atoms with Crippen LogP contribution < -0.4 is 10.6 Å². The van der Waals surface area contributed by atoms with Crippen LogP contribution in [0.15, 0.2) is 18.2 Å². The topological polar surface area (TPSA) is 67.4 Å². The highest BCUT2D eigenvalue weighted by Gasteiger charge is 2.05. The van der Waals surface area contributed by atoms with Crippen molar-refractivity contribution in [2.45, 2.75) is 20.8 Å². The summed E-state index contributed by atoms with van der Waals surface area (Å²) < 4.78 is 24.8. The molecule has 17 heavy (non-hydrogen) atoms. The third-order valence-corrected chi connectivity index (χ3v) is 2.07. The van der Waals surface area contributed by atoms with Crippen LogP contribution in [-0.4, -0.2) is 18.6 Å². The van der Waals surface area contributed by atoms with Gasteiger partial charge in [0.25, 0.3) is 0 Å². The van der Waals surface area contributed by atoms with Gasteiger partial charge in [0.2, 0.25) is 5.91 Å². The van der Waals surface area contributed by atoms with Crippen molar-refractivity contribution in [2.24, 2.45) is 0 Å². The highest BCUT2D eigenvalue weighted by Crippen LogP contribution is 2.20. The Labute approximate surface area is 106 Å². The fourth-order valence-corrected chi connectivity index (χ4v) is 1.31. The highest BCUT2D eigenvalue weighted by atomic mass is 16.5. The van der Waals surface area contributed by atoms with Crippen molar-refractivity contribution in [1.82, 2.24) is 0 Å². The number of ether oxygens (including phenoxy) is 1. The van der Waals surface area contributed by atoms with Gasteiger partial charge in [0.05, 0.1) is 6.61 Å². The molecule has 0 aliphatic carbocycles. The number of amides is 2. The van der Waals surface area contributed by atoms with E-state index in [9.17, 15) is 9.59 Å². The Morgan fingerprint density at radius 2 is 2.24 bits per heavy atom. The lowest BCUT2D eigenvalue weighted by Gasteiger charge is -2.10. The Bertz CT molecular complexity index is 445. The molecule has 0 atom stereocenters. The van der Waals surface area contributed by atoms with Crippen molar-refractivity contribution in [3.05, 3.63) is 23.8 Å². The molecule has 96 valence electrons. The molecular formula is C12H20N2O3. The second kappa shape index (κ2) is 5.89. The molecule has 1 aromatic rings. The minimum atomic E-state index is -0.509. The zero-order valence-corrected chi connectivity index (χ0v) is 10.2. The van der Waals surface area contributed by atoms with E-state index < -0.39 is 6.09 Å². The second-order valence-electron chi connectivity index (χ2n) is 3.56. The van der Waals surface area contributed by atoms with Crippen molar-refractivity contribution in [3.8, 4) is 0 Å². The Morgan fingerprint density at radius 3 is 2.82 bits per heavy atom. The highest BCUT2D eigenvalue weighted by molar-refractivity contribution is 5.91. The number of anilines is 2. The Kier molecular flexibility index (Phi) is 3.51. The maximum absolute atomic E-state index is 11.2. The van der Waals surface area contributed by atoms with Crippen LogP contribution in [0, 0.1) is 6.92 Å². The van der Waals surface area contributed by atoms with Crippen molar-refractivity contribution in [2.75, 3.05) is 17.2 Å². The maximum atomic E-state index is 11.2. The summed E-state index contributed by atoms with van der Waals surface area (Å²) in [6.07, 6.45) is -0.509. The SMILES string of the molecule is CCOC(=O)Nc1ccc(C)c(NC(C)=O)c1.[2H][2H].[2H][3H]. The monoisotopic (exact) mass is 245 g/mol. The first-order chi connectivity index (χ1) is 10.0. The Morgan fingerprint density at radius 1 is 1.53 bits per heavy atom. The molecule has 0 bridgehead atoms. The first-order valence-electron chi connectivity index (χ1n) is 7.35. The quantitative estimate of drug-likeness (QED) is 0.860. The Hall–Kier alpha value is -2.04. The van der Waals surface area contributed by atoms with Gasteiger partial charge in [-0.05, 0) is 31.5 Å². The molecule has 2 amide bonds. The minimum absolute atomic E-state index is 0.151. The average Bonchev–Trinajstić information content (AvgIpc) is 2.46. The molecule has 0 aliphatic heterocycles. The molecule has 0 unspecified atom stereocenters. The number of aryl methyl sites for hydroxylation is 1. The van der Waals surface area contributed by atoms with Crippen LogP contribution in [0.5, 0.6) is 0 Å². The summed E-state index contributed by atoms with van der Waals surface area (Å²) in [5, 5.41) is 5.26. The van der Waals surface area contributed by atoms with Crippen LogP contribution in [0.4, 0.5) is 16.2 Å². The summed E-state index contributed by atoms with van der Waals surface area (Å²) in [5.74, 6) is -0.151. The van der Waals surface area contributed by atoms with E-state index in [2.05, 4.69) is 10.6 Å². The fourth-order valence-electron chi connectivity index (χ4n) is 1.31. The van der Waals surface area contributed by atoms with Crippen molar-refractivity contribution >= 4 is 23.4 Å². The zero-order chi connectivity index (χ0) is 16.8. The fraction of sp³-hybridized carbons (Fsp3) is 0.333. The van der Waals surface area contributed by atoms with E-state index in [-0.39, 0.29) is 5.91 Å². The average molecular weight is 245 g/mol. The lowest BCUT2D eigenvalue weighted by Crippen LogP contribution is -2.14. The molecule has 0 fully saturated rings. The summed E-state index contributed by atoms with van der Waals surface area (Å²) in [6.45, 7) is 5.36. The molecule has 1 aromatic carbocycles. The number of hydrogen-bond donors (Lipinski definition) is 2. The maximum Gasteiger partial charge on any atom is 0.411 e. The van der Waals surface area contributed by atoms with Gasteiger partial charge >= 0.3 is 6.09 Å². The molecule has 0 aromatic heterocycles. The summed E-state index contributed by atoms with van der Waals surface area (Å²) >= 11 is 0. The van der Waals surface area contributed by atoms with E-state index in [1.807, 2.05) is 13.0 Å². The van der Waals surface area contributed by atoms with E-state index in [0.29, 0.717) is 18.0 Å². The third kappa shape index (κ3) is 4.14. The summed E-state index contributed by atoms with van der Waals surface area (Å²) in [5.41, 5.74) is 2.18. The van der Waals surface area contributed by atoms with Crippen molar-refractivity contribution in [1.29, 1.82) is 0 Å². The predicted molar refractivity (Wildman–Crippen MR) is 70.4 cm³/mol. The molecule has 5 heteroatoms. The van der Waals surface area contributed by atoms with E-state index in [0.717, 1.165) is 5.56 Å². The molecule has 0 heterocycles. The lowest BCUT2D eigenvalue weighted by molar-refractivity contribution is -0.114. The van der Waals surface area contributed by atoms with Gasteiger partial charge in [-0.3, -0.25) is 10.1 Å². The smallest absolute Gasteiger partial charge is 0.411 e. The summed E-state index contributed by atoms with van der Waals surface area (Å²) in [7, 11) is 0. The minimum Gasteiger partial charge on any atom is -0.450 e. The number of benzene rings is 1. The van der Waals surface area contributed by atoms with Crippen LogP contribution in [0.3, 0.4) is 0 Å². The first kappa shape index (κ1) is 10.1. The van der Waals surface area contributed by atoms with Crippen LogP contribution in [0.25, 0.3) is 0 Å². The van der Waals surface area contributed by atoms with Crippen molar-refractivity contribution in [3.63, 3.8) is 0 Å². The third-order valence-electron chi connectivity index (χ3n) is 2.07. The molecule has 0 saturated carbocycles. The summed E-state index contributed by atoms with van der Waals surface area (Å²) in [4.78, 5) is 22.2. The molecule has 5 nitrogen and oxygen atoms in total. The number of carbonyl (C=O) groups excluding carboxylic acids is 2. The molecule has 0 spiro atoms. The normalized spacial score (nSPS) is 10.5. The van der Waals surface area contributed by atoms with Crippen LogP contribution >= 0.6 is 0 Å². The van der Waals surface area contributed by atoms with Gasteiger partial charge in [-0.15, -0.1) is 0 Å². The largest absolute Gasteiger partial charge is 0.450 e. The Balaban J connectivity index is 0. The van der Waals surface area contributed by atoms with Gasteiger partial charge in [0, 0.05) is 24.2 Å². The van der Waals surface area contributed by atoms with Crippen LogP contribution in [0.2, 0.25) is 0 Å². The van der Waals surface area contributed by atoms with Crippen molar-refractivity contribution < 1.29 is 20.3 Å².